The summed E-state index contributed by atoms with van der Waals surface area (Å²) in [6, 6.07) is 3.09. The molecule has 0 aromatic carbocycles. The van der Waals surface area contributed by atoms with Crippen molar-refractivity contribution in [2.75, 3.05) is 0 Å². The Kier molecular flexibility index (Phi) is 6.83. The molecule has 0 N–H and O–H groups in total. The molecule has 0 bridgehead atoms. The third-order valence-electron chi connectivity index (χ3n) is 0.727. The van der Waals surface area contributed by atoms with Crippen molar-refractivity contribution >= 4 is 62.1 Å². The molecule has 0 unspecified atom stereocenters. The van der Waals surface area contributed by atoms with Crippen LogP contribution in [0, 0.1) is 11.5 Å². The fraction of sp³-hybridized carbons (Fsp3) is 0.889. The van der Waals surface area contributed by atoms with Gasteiger partial charge in [-0.05, 0) is 20.8 Å². The van der Waals surface area contributed by atoms with Gasteiger partial charge in [0.2, 0.25) is 0 Å². The minimum atomic E-state index is -5.42. The molecule has 0 saturated carbocycles. The van der Waals surface area contributed by atoms with Gasteiger partial charge in [0.25, 0.3) is 11.6 Å². The van der Waals surface area contributed by atoms with E-state index in [4.69, 9.17) is 53.0 Å². The fourth-order valence-electron chi connectivity index (χ4n) is 0.335. The molecule has 0 aliphatic heterocycles. The number of hydrogen-bond acceptors (Lipinski definition) is 0. The third kappa shape index (κ3) is 56.8. The van der Waals surface area contributed by atoms with E-state index in [-0.39, 0.29) is 11.0 Å². The second-order valence-corrected chi connectivity index (χ2v) is 62.5. The molecule has 0 fully saturated rings. The van der Waals surface area contributed by atoms with E-state index in [1.165, 1.54) is 0 Å². The Morgan fingerprint density at radius 3 is 1.06 bits per heavy atom. The summed E-state index contributed by atoms with van der Waals surface area (Å²) in [5, 5.41) is 0. The van der Waals surface area contributed by atoms with Crippen molar-refractivity contribution in [2.24, 2.45) is 5.41 Å². The number of nitrogens with zero attached hydrogens (tertiary/aromatic N) is 1. The van der Waals surface area contributed by atoms with Crippen molar-refractivity contribution in [3.63, 3.8) is 0 Å². The monoisotopic (exact) mass is 471 g/mol. The van der Waals surface area contributed by atoms with E-state index in [1.807, 2.05) is 0 Å². The third-order valence-corrected chi connectivity index (χ3v) is 0.727. The van der Waals surface area contributed by atoms with Gasteiger partial charge >= 0.3 is 62.1 Å². The van der Waals surface area contributed by atoms with E-state index >= 15 is 0 Å². The molecule has 0 heterocycles. The van der Waals surface area contributed by atoms with Crippen LogP contribution in [0.25, 0.3) is 4.85 Å². The van der Waals surface area contributed by atoms with Gasteiger partial charge in [-0.1, -0.05) is 4.85 Å². The summed E-state index contributed by atoms with van der Waals surface area (Å²) in [5.41, 5.74) is 0.112. The number of hydrogen-bond donors (Lipinski definition) is 0. The van der Waals surface area contributed by atoms with E-state index in [9.17, 15) is 0 Å². The molecule has 1 nitrogen and oxygen atoms in total. The first-order chi connectivity index (χ1) is 6.66. The summed E-state index contributed by atoms with van der Waals surface area (Å²) in [5.74, 6) is 0. The molecule has 0 aliphatic rings. The molecule has 0 spiro atoms. The molecule has 0 aromatic heterocycles. The van der Waals surface area contributed by atoms with Crippen LogP contribution in [0.1, 0.15) is 41.5 Å². The van der Waals surface area contributed by atoms with Gasteiger partial charge in [-0.3, -0.25) is 0 Å². The van der Waals surface area contributed by atoms with E-state index in [0.717, 1.165) is 0 Å². The molecule has 0 aromatic rings. The Hall–Kier alpha value is 2.05. The molecule has 0 amide bonds. The Morgan fingerprint density at radius 2 is 1.00 bits per heavy atom. The van der Waals surface area contributed by atoms with Crippen LogP contribution >= 0.6 is 53.0 Å². The zero-order chi connectivity index (χ0) is 14.8. The molecule has 0 saturated heterocycles. The summed E-state index contributed by atoms with van der Waals surface area (Å²) in [6.07, 6.45) is 0. The first kappa shape index (κ1) is 21.3. The van der Waals surface area contributed by atoms with E-state index in [0.29, 0.717) is 0 Å². The van der Waals surface area contributed by atoms with Crippen molar-refractivity contribution < 1.29 is 0 Å². The average Bonchev–Trinajstić information content (AvgIpc) is 1.72. The first-order valence-electron chi connectivity index (χ1n) is 4.71. The van der Waals surface area contributed by atoms with Crippen LogP contribution in [0.15, 0.2) is 0 Å². The van der Waals surface area contributed by atoms with Crippen LogP contribution in [0.5, 0.6) is 0 Å². The molecule has 0 radical (unpaired) electrons. The summed E-state index contributed by atoms with van der Waals surface area (Å²) < 4.78 is 0. The Morgan fingerprint density at radius 1 is 0.765 bits per heavy atom. The van der Waals surface area contributed by atoms with Gasteiger partial charge in [-0.2, -0.15) is 0 Å². The van der Waals surface area contributed by atoms with Crippen molar-refractivity contribution in [1.82, 2.24) is 0 Å². The second-order valence-electron chi connectivity index (χ2n) is 5.60. The molecular weight excluding hydrogens is 457 g/mol. The zero-order valence-electron chi connectivity index (χ0n) is 10.7. The number of halogens is 6. The van der Waals surface area contributed by atoms with Crippen molar-refractivity contribution in [3.8, 4) is 6.07 Å². The van der Waals surface area contributed by atoms with Crippen molar-refractivity contribution in [1.29, 1.82) is 0 Å². The summed E-state index contributed by atoms with van der Waals surface area (Å²) >= 11 is 0. The van der Waals surface area contributed by atoms with Crippen LogP contribution in [0.3, 0.4) is 0 Å². The predicted molar refractivity (Wildman–Crippen MR) is 87.3 cm³/mol. The van der Waals surface area contributed by atoms with Crippen LogP contribution < -0.4 is 0 Å². The predicted octanol–water partition coefficient (Wildman–Crippen LogP) is 6.92. The van der Waals surface area contributed by atoms with Gasteiger partial charge in [0.15, 0.2) is 0 Å². The molecule has 0 atom stereocenters. The standard InChI is InChI=1S/C9H18N.6ClH.Sb/c1-8(2,3)7-10-9(4,5)6;;;;;;;/h1-6H3;6*1H;/q+1;;;;;;;+5/p-6. The van der Waals surface area contributed by atoms with Gasteiger partial charge < -0.3 is 0 Å². The van der Waals surface area contributed by atoms with E-state index in [2.05, 4.69) is 52.5 Å². The SMILES string of the molecule is CC(C)(C)C#[N+]C(C)(C)C.[Cl][Sb-]([Cl])([Cl])([Cl])([Cl])[Cl]. The molecule has 8 heteroatoms. The molecular formula is C9H18Cl6NSb. The molecule has 17 heavy (non-hydrogen) atoms. The quantitative estimate of drug-likeness (QED) is 0.336. The minimum absolute atomic E-state index is 0.0211. The maximum absolute atomic E-state index is 5.42. The van der Waals surface area contributed by atoms with Gasteiger partial charge in [0.05, 0.1) is 5.41 Å². The maximum atomic E-state index is 5.06. The fourth-order valence-corrected chi connectivity index (χ4v) is 0.335. The van der Waals surface area contributed by atoms with Gasteiger partial charge in [-0.15, -0.1) is 0 Å². The van der Waals surface area contributed by atoms with E-state index < -0.39 is 9.14 Å². The summed E-state index contributed by atoms with van der Waals surface area (Å²) in [7, 11) is 25.0. The zero-order valence-corrected chi connectivity index (χ0v) is 17.8. The van der Waals surface area contributed by atoms with E-state index in [1.54, 1.807) is 0 Å². The summed E-state index contributed by atoms with van der Waals surface area (Å²) in [6.45, 7) is 12.5. The molecule has 0 rings (SSSR count). The summed E-state index contributed by atoms with van der Waals surface area (Å²) in [4.78, 5) is 4.28. The molecule has 106 valence electrons. The van der Waals surface area contributed by atoms with Crippen molar-refractivity contribution in [2.45, 2.75) is 47.1 Å². The van der Waals surface area contributed by atoms with Crippen LogP contribution in [-0.2, 0) is 0 Å². The topological polar surface area (TPSA) is 4.36 Å². The normalized spacial score (nSPS) is 16.7. The Balaban J connectivity index is 0. The van der Waals surface area contributed by atoms with Crippen LogP contribution in [-0.4, -0.2) is 14.7 Å². The van der Waals surface area contributed by atoms with Crippen LogP contribution in [0.2, 0.25) is 0 Å². The van der Waals surface area contributed by atoms with Gasteiger partial charge in [0, 0.05) is 20.8 Å². The first-order valence-corrected chi connectivity index (χ1v) is 24.1. The Labute approximate surface area is 124 Å². The average molecular weight is 475 g/mol. The molecule has 0 aliphatic carbocycles. The van der Waals surface area contributed by atoms with Crippen molar-refractivity contribution in [3.05, 3.63) is 4.85 Å². The second kappa shape index (κ2) is 5.44. The van der Waals surface area contributed by atoms with Gasteiger partial charge in [-0.25, -0.2) is 0 Å². The Bertz CT molecular complexity index is 288. The van der Waals surface area contributed by atoms with Gasteiger partial charge in [0.1, 0.15) is 0 Å². The van der Waals surface area contributed by atoms with Crippen LogP contribution in [0.4, 0.5) is 0 Å². The number of rotatable bonds is 0.